The molecule has 1 saturated heterocycles. The summed E-state index contributed by atoms with van der Waals surface area (Å²) >= 11 is 0. The highest BCUT2D eigenvalue weighted by atomic mass is 16.5. The van der Waals surface area contributed by atoms with Gasteiger partial charge in [-0.1, -0.05) is 0 Å². The Morgan fingerprint density at radius 3 is 2.88 bits per heavy atom. The van der Waals surface area contributed by atoms with E-state index in [2.05, 4.69) is 0 Å². The van der Waals surface area contributed by atoms with Crippen molar-refractivity contribution in [2.24, 2.45) is 0 Å². The molecule has 7 nitrogen and oxygen atoms in total. The predicted molar refractivity (Wildman–Crippen MR) is 58.9 cm³/mol. The molecule has 1 heterocycles. The minimum absolute atomic E-state index is 0.0409. The van der Waals surface area contributed by atoms with Gasteiger partial charge >= 0.3 is 12.0 Å². The Kier molecular flexibility index (Phi) is 5.17. The van der Waals surface area contributed by atoms with E-state index in [0.717, 1.165) is 0 Å². The van der Waals surface area contributed by atoms with Crippen molar-refractivity contribution >= 4 is 12.0 Å². The van der Waals surface area contributed by atoms with Crippen molar-refractivity contribution in [3.8, 4) is 0 Å². The predicted octanol–water partition coefficient (Wildman–Crippen LogP) is -0.530. The summed E-state index contributed by atoms with van der Waals surface area (Å²) in [7, 11) is 3.17. The summed E-state index contributed by atoms with van der Waals surface area (Å²) < 4.78 is 9.94. The van der Waals surface area contributed by atoms with Gasteiger partial charge in [-0.25, -0.2) is 9.59 Å². The van der Waals surface area contributed by atoms with Gasteiger partial charge in [0.25, 0.3) is 0 Å². The van der Waals surface area contributed by atoms with Crippen molar-refractivity contribution in [3.05, 3.63) is 0 Å². The zero-order chi connectivity index (χ0) is 12.8. The molecule has 98 valence electrons. The van der Waals surface area contributed by atoms with Crippen LogP contribution in [0, 0.1) is 0 Å². The van der Waals surface area contributed by atoms with Crippen LogP contribution in [-0.2, 0) is 14.3 Å². The van der Waals surface area contributed by atoms with Crippen LogP contribution in [0.1, 0.15) is 0 Å². The van der Waals surface area contributed by atoms with Crippen LogP contribution in [0.25, 0.3) is 0 Å². The maximum Gasteiger partial charge on any atom is 0.328 e. The standard InChI is InChI=1S/C10H18N2O5/c1-11(3-5-16-2)10(15)12-4-6-17-7-8(12)9(13)14/h8H,3-7H2,1-2H3,(H,13,14). The van der Waals surface area contributed by atoms with E-state index < -0.39 is 12.0 Å². The van der Waals surface area contributed by atoms with E-state index in [-0.39, 0.29) is 12.6 Å². The normalized spacial score (nSPS) is 20.1. The molecule has 0 spiro atoms. The summed E-state index contributed by atoms with van der Waals surface area (Å²) in [6, 6.07) is -1.21. The highest BCUT2D eigenvalue weighted by Crippen LogP contribution is 2.10. The molecule has 2 amide bonds. The van der Waals surface area contributed by atoms with E-state index in [1.54, 1.807) is 14.2 Å². The van der Waals surface area contributed by atoms with Gasteiger partial charge in [0.2, 0.25) is 0 Å². The number of likely N-dealkylation sites (N-methyl/N-ethyl adjacent to an activating group) is 1. The summed E-state index contributed by atoms with van der Waals surface area (Å²) in [5.74, 6) is -1.04. The van der Waals surface area contributed by atoms with Gasteiger partial charge in [-0.05, 0) is 0 Å². The number of aliphatic carboxylic acids is 1. The molecule has 1 aliphatic rings. The molecule has 0 aromatic heterocycles. The third-order valence-corrected chi connectivity index (χ3v) is 2.62. The number of carboxylic acids is 1. The summed E-state index contributed by atoms with van der Waals surface area (Å²) in [5.41, 5.74) is 0. The molecule has 0 aliphatic carbocycles. The van der Waals surface area contributed by atoms with E-state index in [9.17, 15) is 9.59 Å². The van der Waals surface area contributed by atoms with Crippen LogP contribution in [0.2, 0.25) is 0 Å². The first-order valence-corrected chi connectivity index (χ1v) is 5.39. The summed E-state index contributed by atoms with van der Waals surface area (Å²) in [4.78, 5) is 25.8. The number of methoxy groups -OCH3 is 1. The molecular weight excluding hydrogens is 228 g/mol. The van der Waals surface area contributed by atoms with Crippen LogP contribution in [0.15, 0.2) is 0 Å². The molecule has 1 fully saturated rings. The zero-order valence-electron chi connectivity index (χ0n) is 10.1. The second kappa shape index (κ2) is 6.41. The third kappa shape index (κ3) is 3.57. The number of nitrogens with zero attached hydrogens (tertiary/aromatic N) is 2. The third-order valence-electron chi connectivity index (χ3n) is 2.62. The zero-order valence-corrected chi connectivity index (χ0v) is 10.1. The second-order valence-electron chi connectivity index (χ2n) is 3.82. The lowest BCUT2D eigenvalue weighted by molar-refractivity contribution is -0.147. The van der Waals surface area contributed by atoms with Crippen LogP contribution < -0.4 is 0 Å². The Hall–Kier alpha value is -1.34. The molecule has 7 heteroatoms. The van der Waals surface area contributed by atoms with E-state index in [1.807, 2.05) is 0 Å². The minimum atomic E-state index is -1.04. The molecule has 1 atom stereocenters. The van der Waals surface area contributed by atoms with Gasteiger partial charge in [0.15, 0.2) is 6.04 Å². The van der Waals surface area contributed by atoms with Gasteiger partial charge < -0.3 is 24.4 Å². The van der Waals surface area contributed by atoms with Crippen molar-refractivity contribution in [2.45, 2.75) is 6.04 Å². The van der Waals surface area contributed by atoms with Crippen molar-refractivity contribution in [2.75, 3.05) is 47.1 Å². The van der Waals surface area contributed by atoms with E-state index in [1.165, 1.54) is 9.80 Å². The number of ether oxygens (including phenoxy) is 2. The van der Waals surface area contributed by atoms with Crippen LogP contribution in [0.3, 0.4) is 0 Å². The Morgan fingerprint density at radius 1 is 1.59 bits per heavy atom. The lowest BCUT2D eigenvalue weighted by Crippen LogP contribution is -2.56. The van der Waals surface area contributed by atoms with E-state index in [0.29, 0.717) is 26.3 Å². The van der Waals surface area contributed by atoms with Gasteiger partial charge in [-0.2, -0.15) is 0 Å². The van der Waals surface area contributed by atoms with Crippen LogP contribution >= 0.6 is 0 Å². The van der Waals surface area contributed by atoms with Crippen molar-refractivity contribution in [1.29, 1.82) is 0 Å². The van der Waals surface area contributed by atoms with Gasteiger partial charge in [0.1, 0.15) is 0 Å². The Bertz CT molecular complexity index is 284. The Balaban J connectivity index is 2.61. The average Bonchev–Trinajstić information content (AvgIpc) is 2.34. The smallest absolute Gasteiger partial charge is 0.328 e. The lowest BCUT2D eigenvalue weighted by Gasteiger charge is -2.35. The first-order valence-electron chi connectivity index (χ1n) is 5.39. The number of morpholine rings is 1. The largest absolute Gasteiger partial charge is 0.480 e. The number of carboxylic acid groups (broad SMARTS) is 1. The number of hydrogen-bond donors (Lipinski definition) is 1. The van der Waals surface area contributed by atoms with Crippen molar-refractivity contribution < 1.29 is 24.2 Å². The molecule has 1 unspecified atom stereocenters. The van der Waals surface area contributed by atoms with Crippen LogP contribution in [0.5, 0.6) is 0 Å². The highest BCUT2D eigenvalue weighted by molar-refractivity contribution is 5.82. The molecule has 0 bridgehead atoms. The maximum absolute atomic E-state index is 12.0. The average molecular weight is 246 g/mol. The number of hydrogen-bond acceptors (Lipinski definition) is 4. The fraction of sp³-hybridized carbons (Fsp3) is 0.800. The quantitative estimate of drug-likeness (QED) is 0.721. The molecule has 0 saturated carbocycles. The number of amides is 2. The SMILES string of the molecule is COCCN(C)C(=O)N1CCOCC1C(=O)O. The fourth-order valence-electron chi connectivity index (χ4n) is 1.58. The minimum Gasteiger partial charge on any atom is -0.480 e. The molecule has 17 heavy (non-hydrogen) atoms. The highest BCUT2D eigenvalue weighted by Gasteiger charge is 2.34. The molecule has 0 aromatic rings. The van der Waals surface area contributed by atoms with Gasteiger partial charge in [0.05, 0.1) is 19.8 Å². The van der Waals surface area contributed by atoms with Crippen LogP contribution in [-0.4, -0.2) is 80.0 Å². The number of carbonyl (C=O) groups is 2. The lowest BCUT2D eigenvalue weighted by atomic mass is 10.2. The molecule has 1 rings (SSSR count). The molecule has 1 N–H and O–H groups in total. The summed E-state index contributed by atoms with van der Waals surface area (Å²) in [5, 5.41) is 9.00. The number of urea groups is 1. The Morgan fingerprint density at radius 2 is 2.29 bits per heavy atom. The maximum atomic E-state index is 12.0. The number of rotatable bonds is 4. The molecule has 0 aromatic carbocycles. The van der Waals surface area contributed by atoms with Gasteiger partial charge in [0, 0.05) is 27.2 Å². The van der Waals surface area contributed by atoms with Crippen LogP contribution in [0.4, 0.5) is 4.79 Å². The Labute approximate surface area is 99.9 Å². The topological polar surface area (TPSA) is 79.3 Å². The second-order valence-corrected chi connectivity index (χ2v) is 3.82. The van der Waals surface area contributed by atoms with E-state index >= 15 is 0 Å². The molecule has 0 radical (unpaired) electrons. The van der Waals surface area contributed by atoms with E-state index in [4.69, 9.17) is 14.6 Å². The fourth-order valence-corrected chi connectivity index (χ4v) is 1.58. The first kappa shape index (κ1) is 13.7. The van der Waals surface area contributed by atoms with Gasteiger partial charge in [-0.3, -0.25) is 0 Å². The first-order chi connectivity index (χ1) is 8.07. The summed E-state index contributed by atoms with van der Waals surface area (Å²) in [6.45, 7) is 1.56. The van der Waals surface area contributed by atoms with Gasteiger partial charge in [-0.15, -0.1) is 0 Å². The summed E-state index contributed by atoms with van der Waals surface area (Å²) in [6.07, 6.45) is 0. The monoisotopic (exact) mass is 246 g/mol. The molecular formula is C10H18N2O5. The molecule has 1 aliphatic heterocycles. The van der Waals surface area contributed by atoms with Crippen molar-refractivity contribution in [3.63, 3.8) is 0 Å². The van der Waals surface area contributed by atoms with Crippen molar-refractivity contribution in [1.82, 2.24) is 9.80 Å². The number of carbonyl (C=O) groups excluding carboxylic acids is 1.